The van der Waals surface area contributed by atoms with Crippen LogP contribution in [0.4, 0.5) is 0 Å². The monoisotopic (exact) mass is 603 g/mol. The van der Waals surface area contributed by atoms with Crippen molar-refractivity contribution in [3.63, 3.8) is 0 Å². The summed E-state index contributed by atoms with van der Waals surface area (Å²) < 4.78 is 6.89. The Hall–Kier alpha value is -3.37. The van der Waals surface area contributed by atoms with Crippen molar-refractivity contribution in [2.24, 2.45) is 0 Å². The number of benzene rings is 2. The maximum Gasteiger partial charge on any atom is 0.275 e. The molecule has 4 aromatic rings. The molecular formula is C34H45N5O3S. The van der Waals surface area contributed by atoms with E-state index in [1.54, 1.807) is 31.0 Å². The Kier molecular flexibility index (Phi) is 12.9. The average molecular weight is 604 g/mol. The number of hydrogen-bond donors (Lipinski definition) is 2. The van der Waals surface area contributed by atoms with Crippen LogP contribution in [0.1, 0.15) is 66.6 Å². The van der Waals surface area contributed by atoms with Crippen LogP contribution in [0.25, 0.3) is 11.3 Å². The normalized spacial score (nSPS) is 19.9. The summed E-state index contributed by atoms with van der Waals surface area (Å²) in [4.78, 5) is 24.6. The Balaban J connectivity index is 0.000000364. The SMILES string of the molecule is CC.COCc1nccs1.O=C(c1ncn([C@H]2CCCC[C@H]2O)c1-c1ccccc1)N1CCNC[C@H]1Cc1ccccc1. The van der Waals surface area contributed by atoms with Gasteiger partial charge in [0.15, 0.2) is 5.69 Å². The Morgan fingerprint density at radius 3 is 2.44 bits per heavy atom. The highest BCUT2D eigenvalue weighted by molar-refractivity contribution is 7.09. The Morgan fingerprint density at radius 1 is 1.05 bits per heavy atom. The zero-order valence-electron chi connectivity index (χ0n) is 25.6. The molecule has 1 aliphatic heterocycles. The molecule has 3 atom stereocenters. The molecule has 2 aliphatic rings. The number of rotatable bonds is 7. The molecule has 0 bridgehead atoms. The molecule has 0 radical (unpaired) electrons. The standard InChI is InChI=1S/C27H32N4O2.C5H7NOS.C2H6/c32-24-14-8-7-13-23(24)31-19-29-25(26(31)21-11-5-2-6-12-21)27(33)30-16-15-28-18-22(30)17-20-9-3-1-4-10-20;1-7-4-5-6-2-3-8-5;1-2/h1-6,9-12,19,22-24,28,32H,7-8,13-18H2;2-3H,4H2,1H3;1-2H3/t22-,23+,24-;;/m1../s1. The zero-order valence-corrected chi connectivity index (χ0v) is 26.4. The van der Waals surface area contributed by atoms with Crippen molar-refractivity contribution in [3.8, 4) is 11.3 Å². The molecule has 43 heavy (non-hydrogen) atoms. The largest absolute Gasteiger partial charge is 0.391 e. The van der Waals surface area contributed by atoms with E-state index in [1.165, 1.54) is 5.56 Å². The van der Waals surface area contributed by atoms with Crippen LogP contribution in [0.3, 0.4) is 0 Å². The van der Waals surface area contributed by atoms with Crippen LogP contribution >= 0.6 is 11.3 Å². The minimum atomic E-state index is -0.414. The number of aliphatic hydroxyl groups excluding tert-OH is 1. The second kappa shape index (κ2) is 17.1. The van der Waals surface area contributed by atoms with Gasteiger partial charge in [-0.15, -0.1) is 11.3 Å². The van der Waals surface area contributed by atoms with E-state index >= 15 is 0 Å². The van der Waals surface area contributed by atoms with E-state index in [4.69, 9.17) is 4.74 Å². The van der Waals surface area contributed by atoms with Gasteiger partial charge in [0.2, 0.25) is 0 Å². The van der Waals surface area contributed by atoms with Crippen LogP contribution in [-0.4, -0.2) is 69.3 Å². The molecule has 9 heteroatoms. The quantitative estimate of drug-likeness (QED) is 0.269. The van der Waals surface area contributed by atoms with Crippen molar-refractivity contribution in [2.75, 3.05) is 26.7 Å². The van der Waals surface area contributed by atoms with E-state index in [0.717, 1.165) is 61.5 Å². The fourth-order valence-corrected chi connectivity index (χ4v) is 6.33. The number of aliphatic hydroxyl groups is 1. The number of carbonyl (C=O) groups is 1. The molecule has 3 heterocycles. The lowest BCUT2D eigenvalue weighted by molar-refractivity contribution is 0.0629. The molecule has 230 valence electrons. The predicted octanol–water partition coefficient (Wildman–Crippen LogP) is 6.00. The number of nitrogens with one attached hydrogen (secondary N) is 1. The first-order chi connectivity index (χ1) is 21.2. The smallest absolute Gasteiger partial charge is 0.275 e. The maximum absolute atomic E-state index is 13.9. The van der Waals surface area contributed by atoms with Crippen molar-refractivity contribution in [3.05, 3.63) is 94.8 Å². The molecule has 6 rings (SSSR count). The first-order valence-corrected chi connectivity index (χ1v) is 16.3. The lowest BCUT2D eigenvalue weighted by atomic mass is 9.92. The number of carbonyl (C=O) groups excluding carboxylic acids is 1. The Labute approximate surface area is 259 Å². The van der Waals surface area contributed by atoms with E-state index in [0.29, 0.717) is 18.8 Å². The number of amides is 1. The van der Waals surface area contributed by atoms with E-state index in [2.05, 4.69) is 32.0 Å². The van der Waals surface area contributed by atoms with Gasteiger partial charge in [-0.2, -0.15) is 0 Å². The molecule has 2 N–H and O–H groups in total. The van der Waals surface area contributed by atoms with Gasteiger partial charge in [0, 0.05) is 49.9 Å². The summed E-state index contributed by atoms with van der Waals surface area (Å²) in [6, 6.07) is 20.4. The molecule has 1 saturated heterocycles. The van der Waals surface area contributed by atoms with Crippen LogP contribution in [0.5, 0.6) is 0 Å². The van der Waals surface area contributed by atoms with Gasteiger partial charge < -0.3 is 24.6 Å². The van der Waals surface area contributed by atoms with Gasteiger partial charge in [0.1, 0.15) is 5.01 Å². The second-order valence-corrected chi connectivity index (χ2v) is 11.5. The van der Waals surface area contributed by atoms with Crippen molar-refractivity contribution in [1.29, 1.82) is 0 Å². The van der Waals surface area contributed by atoms with E-state index in [1.807, 2.05) is 72.7 Å². The lowest BCUT2D eigenvalue weighted by Crippen LogP contribution is -2.54. The number of methoxy groups -OCH3 is 1. The third-order valence-electron chi connectivity index (χ3n) is 7.77. The number of nitrogens with zero attached hydrogens (tertiary/aromatic N) is 4. The van der Waals surface area contributed by atoms with Crippen LogP contribution in [0, 0.1) is 0 Å². The van der Waals surface area contributed by atoms with Crippen LogP contribution < -0.4 is 5.32 Å². The molecule has 1 aliphatic carbocycles. The van der Waals surface area contributed by atoms with E-state index in [9.17, 15) is 9.90 Å². The van der Waals surface area contributed by atoms with Gasteiger partial charge in [-0.05, 0) is 24.8 Å². The maximum atomic E-state index is 13.9. The Bertz CT molecular complexity index is 1350. The van der Waals surface area contributed by atoms with Gasteiger partial charge in [0.25, 0.3) is 5.91 Å². The van der Waals surface area contributed by atoms with Gasteiger partial charge in [-0.3, -0.25) is 4.79 Å². The number of aromatic nitrogens is 3. The summed E-state index contributed by atoms with van der Waals surface area (Å²) in [5.74, 6) is -0.0275. The third-order valence-corrected chi connectivity index (χ3v) is 8.52. The lowest BCUT2D eigenvalue weighted by Gasteiger charge is -2.36. The van der Waals surface area contributed by atoms with Gasteiger partial charge in [-0.25, -0.2) is 9.97 Å². The molecular weight excluding hydrogens is 558 g/mol. The number of hydrogen-bond acceptors (Lipinski definition) is 7. The molecule has 2 aromatic heterocycles. The summed E-state index contributed by atoms with van der Waals surface area (Å²) in [5.41, 5.74) is 3.50. The summed E-state index contributed by atoms with van der Waals surface area (Å²) in [7, 11) is 1.67. The fraction of sp³-hybridized carbons (Fsp3) is 0.441. The first kappa shape index (κ1) is 32.5. The highest BCUT2D eigenvalue weighted by atomic mass is 32.1. The molecule has 1 amide bonds. The average Bonchev–Trinajstić information content (AvgIpc) is 3.74. The van der Waals surface area contributed by atoms with Gasteiger partial charge >= 0.3 is 0 Å². The molecule has 8 nitrogen and oxygen atoms in total. The van der Waals surface area contributed by atoms with Crippen molar-refractivity contribution < 1.29 is 14.6 Å². The number of piperazine rings is 1. The van der Waals surface area contributed by atoms with Crippen LogP contribution in [0.15, 0.2) is 78.6 Å². The molecule has 2 fully saturated rings. The molecule has 1 saturated carbocycles. The zero-order chi connectivity index (χ0) is 30.4. The third kappa shape index (κ3) is 8.60. The van der Waals surface area contributed by atoms with E-state index in [-0.39, 0.29) is 18.0 Å². The fourth-order valence-electron chi connectivity index (χ4n) is 5.75. The van der Waals surface area contributed by atoms with Gasteiger partial charge in [-0.1, -0.05) is 87.4 Å². The predicted molar refractivity (Wildman–Crippen MR) is 173 cm³/mol. The summed E-state index contributed by atoms with van der Waals surface area (Å²) in [5, 5.41) is 17.2. The number of ether oxygens (including phenoxy) is 1. The van der Waals surface area contributed by atoms with Crippen LogP contribution in [0.2, 0.25) is 0 Å². The van der Waals surface area contributed by atoms with Crippen molar-refractivity contribution in [1.82, 2.24) is 24.8 Å². The first-order valence-electron chi connectivity index (χ1n) is 15.4. The number of imidazole rings is 1. The van der Waals surface area contributed by atoms with Gasteiger partial charge in [0.05, 0.1) is 30.8 Å². The van der Waals surface area contributed by atoms with E-state index < -0.39 is 6.10 Å². The highest BCUT2D eigenvalue weighted by Crippen LogP contribution is 2.35. The number of thiazole rings is 1. The minimum Gasteiger partial charge on any atom is -0.391 e. The second-order valence-electron chi connectivity index (χ2n) is 10.5. The molecule has 0 unspecified atom stereocenters. The van der Waals surface area contributed by atoms with Crippen LogP contribution in [-0.2, 0) is 17.8 Å². The summed E-state index contributed by atoms with van der Waals surface area (Å²) >= 11 is 1.61. The van der Waals surface area contributed by atoms with Crippen molar-refractivity contribution in [2.45, 2.75) is 70.7 Å². The highest BCUT2D eigenvalue weighted by Gasteiger charge is 2.34. The summed E-state index contributed by atoms with van der Waals surface area (Å²) in [6.45, 7) is 6.84. The topological polar surface area (TPSA) is 92.5 Å². The molecule has 2 aromatic carbocycles. The van der Waals surface area contributed by atoms with Crippen molar-refractivity contribution >= 4 is 17.2 Å². The minimum absolute atomic E-state index is 0.0275. The molecule has 0 spiro atoms. The summed E-state index contributed by atoms with van der Waals surface area (Å²) in [6.07, 6.45) is 7.75. The Morgan fingerprint density at radius 2 is 1.77 bits per heavy atom.